The lowest BCUT2D eigenvalue weighted by Gasteiger charge is -2.21. The Morgan fingerprint density at radius 3 is 2.28 bits per heavy atom. The maximum Gasteiger partial charge on any atom is 0.326 e. The Morgan fingerprint density at radius 1 is 1.07 bits per heavy atom. The number of nitrogens with one attached hydrogen (secondary N) is 1. The number of ether oxygens (including phenoxy) is 1. The smallest absolute Gasteiger partial charge is 0.326 e. The van der Waals surface area contributed by atoms with Crippen LogP contribution in [-0.2, 0) is 16.0 Å². The highest BCUT2D eigenvalue weighted by molar-refractivity contribution is 5.97. The van der Waals surface area contributed by atoms with E-state index in [1.165, 1.54) is 10.5 Å². The summed E-state index contributed by atoms with van der Waals surface area (Å²) in [6.07, 6.45) is 2.05. The van der Waals surface area contributed by atoms with Gasteiger partial charge in [0.25, 0.3) is 5.91 Å². The molecule has 1 aliphatic heterocycles. The molecule has 7 heteroatoms. The number of carbonyl (C=O) groups excluding carboxylic acids is 2. The van der Waals surface area contributed by atoms with Crippen LogP contribution in [0.4, 0.5) is 0 Å². The van der Waals surface area contributed by atoms with Crippen molar-refractivity contribution in [3.8, 4) is 11.5 Å². The molecule has 1 unspecified atom stereocenters. The fourth-order valence-corrected chi connectivity index (χ4v) is 3.29. The van der Waals surface area contributed by atoms with Gasteiger partial charge in [0, 0.05) is 12.1 Å². The maximum absolute atomic E-state index is 12.3. The largest absolute Gasteiger partial charge is 0.480 e. The maximum atomic E-state index is 12.3. The monoisotopic (exact) mass is 396 g/mol. The Hall–Kier alpha value is -3.35. The summed E-state index contributed by atoms with van der Waals surface area (Å²) in [5, 5.41) is 11.7. The van der Waals surface area contributed by atoms with E-state index in [0.717, 1.165) is 6.42 Å². The van der Waals surface area contributed by atoms with Gasteiger partial charge in [-0.15, -0.1) is 0 Å². The van der Waals surface area contributed by atoms with Crippen molar-refractivity contribution < 1.29 is 24.2 Å². The third-order valence-corrected chi connectivity index (χ3v) is 4.94. The molecule has 1 aliphatic rings. The molecule has 0 aliphatic carbocycles. The molecule has 0 saturated carbocycles. The molecule has 152 valence electrons. The molecule has 2 aromatic rings. The van der Waals surface area contributed by atoms with Crippen LogP contribution in [0.3, 0.4) is 0 Å². The zero-order valence-electron chi connectivity index (χ0n) is 16.3. The van der Waals surface area contributed by atoms with Crippen molar-refractivity contribution >= 4 is 17.8 Å². The summed E-state index contributed by atoms with van der Waals surface area (Å²) in [4.78, 5) is 37.0. The first-order valence-corrected chi connectivity index (χ1v) is 9.65. The van der Waals surface area contributed by atoms with Crippen LogP contribution < -0.4 is 10.1 Å². The van der Waals surface area contributed by atoms with Crippen molar-refractivity contribution in [2.45, 2.75) is 32.2 Å². The average Bonchev–Trinajstić information content (AvgIpc) is 3.23. The SMILES string of the molecule is CCc1ccc(Oc2ccc(C(=O)NCC(=O)N3CCCC3C(=O)O)cc2)cc1. The molecule has 1 fully saturated rings. The minimum absolute atomic E-state index is 0.232. The number of nitrogens with zero attached hydrogens (tertiary/aromatic N) is 1. The van der Waals surface area contributed by atoms with Gasteiger partial charge in [-0.05, 0) is 61.2 Å². The molecule has 2 N–H and O–H groups in total. The molecule has 1 saturated heterocycles. The Kier molecular flexibility index (Phi) is 6.49. The molecule has 1 atom stereocenters. The lowest BCUT2D eigenvalue weighted by Crippen LogP contribution is -2.45. The number of hydrogen-bond donors (Lipinski definition) is 2. The quantitative estimate of drug-likeness (QED) is 0.750. The Labute approximate surface area is 169 Å². The summed E-state index contributed by atoms with van der Waals surface area (Å²) in [5.41, 5.74) is 1.62. The zero-order chi connectivity index (χ0) is 20.8. The fourth-order valence-electron chi connectivity index (χ4n) is 3.29. The highest BCUT2D eigenvalue weighted by Gasteiger charge is 2.33. The van der Waals surface area contributed by atoms with Crippen LogP contribution in [0.25, 0.3) is 0 Å². The number of carboxylic acids is 1. The highest BCUT2D eigenvalue weighted by atomic mass is 16.5. The fraction of sp³-hybridized carbons (Fsp3) is 0.318. The van der Waals surface area contributed by atoms with Crippen LogP contribution in [0.1, 0.15) is 35.7 Å². The van der Waals surface area contributed by atoms with E-state index in [0.29, 0.717) is 36.4 Å². The van der Waals surface area contributed by atoms with Gasteiger partial charge in [0.1, 0.15) is 17.5 Å². The molecule has 3 rings (SSSR count). The standard InChI is InChI=1S/C22H24N2O5/c1-2-15-5-9-17(10-6-15)29-18-11-7-16(8-12-18)21(26)23-14-20(25)24-13-3-4-19(24)22(27)28/h5-12,19H,2-4,13-14H2,1H3,(H,23,26)(H,27,28). The number of carbonyl (C=O) groups is 3. The second kappa shape index (κ2) is 9.23. The van der Waals surface area contributed by atoms with E-state index in [4.69, 9.17) is 9.84 Å². The minimum atomic E-state index is -1.01. The lowest BCUT2D eigenvalue weighted by molar-refractivity contribution is -0.147. The van der Waals surface area contributed by atoms with Gasteiger partial charge < -0.3 is 20.1 Å². The summed E-state index contributed by atoms with van der Waals surface area (Å²) >= 11 is 0. The second-order valence-electron chi connectivity index (χ2n) is 6.89. The van der Waals surface area contributed by atoms with Gasteiger partial charge in [-0.1, -0.05) is 19.1 Å². The summed E-state index contributed by atoms with van der Waals surface area (Å²) in [5.74, 6) is -0.490. The Bertz CT molecular complexity index is 877. The van der Waals surface area contributed by atoms with E-state index >= 15 is 0 Å². The predicted molar refractivity (Wildman–Crippen MR) is 107 cm³/mol. The van der Waals surface area contributed by atoms with Crippen molar-refractivity contribution in [3.63, 3.8) is 0 Å². The molecule has 29 heavy (non-hydrogen) atoms. The molecule has 7 nitrogen and oxygen atoms in total. The van der Waals surface area contributed by atoms with Gasteiger partial charge in [0.2, 0.25) is 5.91 Å². The van der Waals surface area contributed by atoms with Crippen molar-refractivity contribution in [1.29, 1.82) is 0 Å². The van der Waals surface area contributed by atoms with Gasteiger partial charge in [-0.25, -0.2) is 4.79 Å². The van der Waals surface area contributed by atoms with E-state index in [2.05, 4.69) is 12.2 Å². The van der Waals surface area contributed by atoms with Gasteiger partial charge in [0.15, 0.2) is 0 Å². The number of aryl methyl sites for hydroxylation is 1. The predicted octanol–water partition coefficient (Wildman–Crippen LogP) is 2.85. The van der Waals surface area contributed by atoms with Crippen molar-refractivity contribution in [2.75, 3.05) is 13.1 Å². The van der Waals surface area contributed by atoms with E-state index < -0.39 is 23.8 Å². The molecule has 0 radical (unpaired) electrons. The van der Waals surface area contributed by atoms with E-state index in [9.17, 15) is 14.4 Å². The number of rotatable bonds is 7. The molecule has 2 amide bonds. The molecular weight excluding hydrogens is 372 g/mol. The topological polar surface area (TPSA) is 95.9 Å². The summed E-state index contributed by atoms with van der Waals surface area (Å²) in [7, 11) is 0. The second-order valence-corrected chi connectivity index (χ2v) is 6.89. The normalized spacial score (nSPS) is 15.8. The van der Waals surface area contributed by atoms with Crippen LogP contribution in [0.15, 0.2) is 48.5 Å². The van der Waals surface area contributed by atoms with Gasteiger partial charge in [0.05, 0.1) is 6.54 Å². The van der Waals surface area contributed by atoms with Crippen LogP contribution in [0.5, 0.6) is 11.5 Å². The molecular formula is C22H24N2O5. The minimum Gasteiger partial charge on any atom is -0.480 e. The summed E-state index contributed by atoms with van der Waals surface area (Å²) < 4.78 is 5.76. The zero-order valence-corrected chi connectivity index (χ0v) is 16.3. The first-order valence-electron chi connectivity index (χ1n) is 9.65. The highest BCUT2D eigenvalue weighted by Crippen LogP contribution is 2.22. The van der Waals surface area contributed by atoms with E-state index in [1.807, 2.05) is 24.3 Å². The third-order valence-electron chi connectivity index (χ3n) is 4.94. The Balaban J connectivity index is 1.53. The average molecular weight is 396 g/mol. The van der Waals surface area contributed by atoms with E-state index in [1.54, 1.807) is 24.3 Å². The molecule has 1 heterocycles. The number of carboxylic acid groups (broad SMARTS) is 1. The number of hydrogen-bond acceptors (Lipinski definition) is 4. The first-order chi connectivity index (χ1) is 14.0. The number of aliphatic carboxylic acids is 1. The molecule has 0 spiro atoms. The lowest BCUT2D eigenvalue weighted by atomic mass is 10.2. The van der Waals surface area contributed by atoms with Gasteiger partial charge in [-0.2, -0.15) is 0 Å². The summed E-state index contributed by atoms with van der Waals surface area (Å²) in [6.45, 7) is 2.25. The van der Waals surface area contributed by atoms with Crippen molar-refractivity contribution in [3.05, 3.63) is 59.7 Å². The van der Waals surface area contributed by atoms with Crippen molar-refractivity contribution in [2.24, 2.45) is 0 Å². The van der Waals surface area contributed by atoms with Crippen molar-refractivity contribution in [1.82, 2.24) is 10.2 Å². The van der Waals surface area contributed by atoms with Gasteiger partial charge in [-0.3, -0.25) is 9.59 Å². The molecule has 2 aromatic carbocycles. The van der Waals surface area contributed by atoms with Gasteiger partial charge >= 0.3 is 5.97 Å². The van der Waals surface area contributed by atoms with Crippen LogP contribution in [-0.4, -0.2) is 46.9 Å². The molecule has 0 bridgehead atoms. The Morgan fingerprint density at radius 2 is 1.69 bits per heavy atom. The first kappa shape index (κ1) is 20.4. The third kappa shape index (κ3) is 5.13. The van der Waals surface area contributed by atoms with Crippen LogP contribution >= 0.6 is 0 Å². The number of benzene rings is 2. The molecule has 0 aromatic heterocycles. The number of likely N-dealkylation sites (tertiary alicyclic amines) is 1. The van der Waals surface area contributed by atoms with Crippen LogP contribution in [0, 0.1) is 0 Å². The summed E-state index contributed by atoms with van der Waals surface area (Å²) in [6, 6.07) is 13.6. The number of amides is 2. The van der Waals surface area contributed by atoms with E-state index in [-0.39, 0.29) is 6.54 Å². The van der Waals surface area contributed by atoms with Crippen LogP contribution in [0.2, 0.25) is 0 Å².